The Morgan fingerprint density at radius 2 is 1.10 bits per heavy atom. The number of hydrogen-bond acceptors (Lipinski definition) is 10. The van der Waals surface area contributed by atoms with Crippen LogP contribution in [0.4, 0.5) is 14.3 Å². The Kier molecular flexibility index (Phi) is 9.39. The summed E-state index contributed by atoms with van der Waals surface area (Å²) < 4.78 is 30.9. The maximum atomic E-state index is 14.8. The molecule has 0 aromatic rings. The summed E-state index contributed by atoms with van der Waals surface area (Å²) in [7, 11) is -2.20. The van der Waals surface area contributed by atoms with Crippen molar-refractivity contribution in [3.8, 4) is 0 Å². The fraction of sp³-hybridized carbons (Fsp3) is 0.833. The highest BCUT2D eigenvalue weighted by Crippen LogP contribution is 2.75. The molecule has 6 saturated carbocycles. The third-order valence-electron chi connectivity index (χ3n) is 20.0. The van der Waals surface area contributed by atoms with E-state index >= 15 is 0 Å². The summed E-state index contributed by atoms with van der Waals surface area (Å²) in [5.74, 6) is 0.512. The van der Waals surface area contributed by atoms with E-state index in [1.165, 1.54) is 0 Å². The van der Waals surface area contributed by atoms with Crippen LogP contribution in [-0.2, 0) is 33.0 Å². The van der Waals surface area contributed by atoms with Gasteiger partial charge in [0.25, 0.3) is 0 Å². The summed E-state index contributed by atoms with van der Waals surface area (Å²) in [6, 6.07) is 0. The standard InChI is InChI=1S/C27H42O5Si.C21H28O5.FH/c1-14-13-26-12-11-17-19(25(17,7)8)18(21(26)28)20(32-33(9,10)24(4,5)6)15(2)22-27(26,16(14)3)31-23(29)30-22;1-9-8-20-7-6-12-14(19(12,4)5)13(16(20)23)15(22)10(2)17-21(20,11(9)3)26-18(24)25-17;/h13,15-20,22H,11-12H2,1-10H3;8,10-15,17,22H,6-7H2,1-5H3;1H/t15-,16-,17+,18+,19+,20+,22+,26+,27+;10-,11-,12+,13+,14+,15+,17+,20+,21+;/m00./s1. The molecule has 2 heterocycles. The minimum absolute atomic E-state index is 0. The molecule has 0 aromatic heterocycles. The van der Waals surface area contributed by atoms with Crippen LogP contribution in [0.2, 0.25) is 18.1 Å². The van der Waals surface area contributed by atoms with Crippen LogP contribution in [0.25, 0.3) is 0 Å². The van der Waals surface area contributed by atoms with Crippen LogP contribution in [0.1, 0.15) is 116 Å². The van der Waals surface area contributed by atoms with E-state index in [4.69, 9.17) is 23.4 Å². The molecule has 0 unspecified atom stereocenters. The van der Waals surface area contributed by atoms with Crippen molar-refractivity contribution in [3.63, 3.8) is 0 Å². The summed E-state index contributed by atoms with van der Waals surface area (Å²) in [4.78, 5) is 53.8. The molecular weight excluding hydrogens is 784 g/mol. The molecule has 2 saturated heterocycles. The molecule has 18 atom stereocenters. The van der Waals surface area contributed by atoms with Gasteiger partial charge in [0.1, 0.15) is 0 Å². The number of rotatable bonds is 2. The van der Waals surface area contributed by atoms with Crippen LogP contribution in [0.15, 0.2) is 23.3 Å². The quantitative estimate of drug-likeness (QED) is 0.163. The second kappa shape index (κ2) is 12.8. The molecule has 8 aliphatic carbocycles. The summed E-state index contributed by atoms with van der Waals surface area (Å²) >= 11 is 0. The van der Waals surface area contributed by atoms with Crippen LogP contribution in [-0.4, -0.2) is 72.9 Å². The molecule has 10 rings (SSSR count). The van der Waals surface area contributed by atoms with E-state index in [1.54, 1.807) is 0 Å². The number of carbonyl (C=O) groups is 4. The number of carbonyl (C=O) groups excluding carboxylic acids is 4. The Bertz CT molecular complexity index is 1980. The van der Waals surface area contributed by atoms with E-state index in [2.05, 4.69) is 94.5 Å². The second-order valence-corrected chi connectivity index (χ2v) is 28.6. The van der Waals surface area contributed by atoms with Crippen LogP contribution in [0, 0.1) is 80.8 Å². The van der Waals surface area contributed by atoms with Gasteiger partial charge in [-0.2, -0.15) is 0 Å². The third-order valence-corrected chi connectivity index (χ3v) is 24.5. The van der Waals surface area contributed by atoms with Gasteiger partial charge in [-0.25, -0.2) is 9.59 Å². The normalized spacial score (nSPS) is 50.7. The fourth-order valence-electron chi connectivity index (χ4n) is 15.4. The average molecular weight is 855 g/mol. The predicted molar refractivity (Wildman–Crippen MR) is 225 cm³/mol. The molecule has 0 aromatic carbocycles. The van der Waals surface area contributed by atoms with E-state index < -0.39 is 66.9 Å². The first kappa shape index (κ1) is 44.1. The third kappa shape index (κ3) is 4.99. The molecule has 0 radical (unpaired) electrons. The molecule has 12 heteroatoms. The van der Waals surface area contributed by atoms with Crippen LogP contribution >= 0.6 is 0 Å². The number of halogens is 1. The number of fused-ring (bicyclic) bond motifs is 6. The Labute approximate surface area is 357 Å². The SMILES string of the molecule is CC1=C[C@]23CC[C@@H]4[C@H]([C@@H](C2=O)[C@H](O)[C@H](C)[C@H]2OC(=O)O[C@]23[C@H]1C)C4(C)C.CC1=C[C@]23CC[C@@H]4[C@H]([C@@H](C2=O)[C@H](O[Si](C)(C)C(C)(C)C)[C@H](C)[C@H]2OC(=O)O[C@]23[C@H]1C)C4(C)C.F. The summed E-state index contributed by atoms with van der Waals surface area (Å²) in [6.45, 7) is 32.6. The number of ketones is 2. The van der Waals surface area contributed by atoms with Gasteiger partial charge < -0.3 is 28.5 Å². The Morgan fingerprint density at radius 1 is 0.700 bits per heavy atom. The zero-order valence-corrected chi connectivity index (χ0v) is 39.6. The molecule has 60 heavy (non-hydrogen) atoms. The highest BCUT2D eigenvalue weighted by Gasteiger charge is 2.82. The Hall–Kier alpha value is -2.57. The zero-order chi connectivity index (χ0) is 43.3. The van der Waals surface area contributed by atoms with E-state index in [-0.39, 0.29) is 73.8 Å². The van der Waals surface area contributed by atoms with Gasteiger partial charge in [0.15, 0.2) is 43.3 Å². The van der Waals surface area contributed by atoms with Crippen molar-refractivity contribution in [2.75, 3.05) is 0 Å². The molecule has 0 amide bonds. The first-order valence-corrected chi connectivity index (χ1v) is 25.7. The van der Waals surface area contributed by atoms with Gasteiger partial charge in [0.05, 0.1) is 23.0 Å². The molecule has 10 nitrogen and oxygen atoms in total. The number of aliphatic hydroxyl groups excluding tert-OH is 1. The minimum Gasteiger partial charge on any atom is -0.426 e. The monoisotopic (exact) mass is 854 g/mol. The summed E-state index contributed by atoms with van der Waals surface area (Å²) in [6.07, 6.45) is 4.01. The van der Waals surface area contributed by atoms with Crippen LogP contribution in [0.3, 0.4) is 0 Å². The number of aliphatic hydroxyl groups is 1. The van der Waals surface area contributed by atoms with Gasteiger partial charge in [-0.05, 0) is 92.2 Å². The van der Waals surface area contributed by atoms with Crippen LogP contribution < -0.4 is 0 Å². The van der Waals surface area contributed by atoms with Crippen molar-refractivity contribution in [1.29, 1.82) is 0 Å². The lowest BCUT2D eigenvalue weighted by molar-refractivity contribution is -0.148. The minimum atomic E-state index is -2.20. The molecule has 1 N–H and O–H groups in total. The molecule has 334 valence electrons. The lowest BCUT2D eigenvalue weighted by atomic mass is 9.62. The lowest BCUT2D eigenvalue weighted by Gasteiger charge is -2.45. The molecular formula is C48H71FO10Si. The van der Waals surface area contributed by atoms with Gasteiger partial charge in [-0.1, -0.05) is 99.5 Å². The molecule has 8 fully saturated rings. The Balaban J connectivity index is 0.000000168. The highest BCUT2D eigenvalue weighted by molar-refractivity contribution is 6.74. The first-order chi connectivity index (χ1) is 27.1. The number of Topliss-reactive ketones (excluding diaryl/α,β-unsaturated/α-hetero) is 2. The number of ether oxygens (including phenoxy) is 4. The molecule has 10 aliphatic rings. The van der Waals surface area contributed by atoms with E-state index in [0.29, 0.717) is 24.2 Å². The maximum Gasteiger partial charge on any atom is 0.509 e. The van der Waals surface area contributed by atoms with Crippen molar-refractivity contribution in [3.05, 3.63) is 23.3 Å². The van der Waals surface area contributed by atoms with Gasteiger partial charge in [-0.3, -0.25) is 14.3 Å². The first-order valence-electron chi connectivity index (χ1n) is 22.7. The second-order valence-electron chi connectivity index (χ2n) is 23.8. The van der Waals surface area contributed by atoms with Crippen molar-refractivity contribution in [2.45, 2.75) is 169 Å². The van der Waals surface area contributed by atoms with E-state index in [9.17, 15) is 24.3 Å². The van der Waals surface area contributed by atoms with Crippen molar-refractivity contribution < 1.29 is 52.4 Å². The van der Waals surface area contributed by atoms with Gasteiger partial charge in [0.2, 0.25) is 0 Å². The smallest absolute Gasteiger partial charge is 0.426 e. The zero-order valence-electron chi connectivity index (χ0n) is 38.6. The van der Waals surface area contributed by atoms with E-state index in [1.807, 2.05) is 20.8 Å². The molecule has 4 spiro atoms. The van der Waals surface area contributed by atoms with Crippen molar-refractivity contribution in [2.24, 2.45) is 80.8 Å². The van der Waals surface area contributed by atoms with Crippen LogP contribution in [0.5, 0.6) is 0 Å². The van der Waals surface area contributed by atoms with E-state index in [0.717, 1.165) is 30.4 Å². The molecule has 2 aliphatic heterocycles. The largest absolute Gasteiger partial charge is 0.509 e. The van der Waals surface area contributed by atoms with Crippen molar-refractivity contribution in [1.82, 2.24) is 0 Å². The summed E-state index contributed by atoms with van der Waals surface area (Å²) in [5, 5.41) is 11.3. The topological polar surface area (TPSA) is 135 Å². The predicted octanol–water partition coefficient (Wildman–Crippen LogP) is 9.39. The average Bonchev–Trinajstić information content (AvgIpc) is 3.60. The van der Waals surface area contributed by atoms with Crippen molar-refractivity contribution >= 4 is 32.2 Å². The lowest BCUT2D eigenvalue weighted by Crippen LogP contribution is -2.59. The van der Waals surface area contributed by atoms with Gasteiger partial charge in [-0.15, -0.1) is 0 Å². The highest BCUT2D eigenvalue weighted by atomic mass is 28.4. The summed E-state index contributed by atoms with van der Waals surface area (Å²) in [5.41, 5.74) is -1.24. The molecule has 4 bridgehead atoms. The number of hydrogen-bond donors (Lipinski definition) is 1. The van der Waals surface area contributed by atoms with Gasteiger partial charge in [0, 0.05) is 35.5 Å². The maximum absolute atomic E-state index is 14.8. The Morgan fingerprint density at radius 3 is 1.53 bits per heavy atom. The fourth-order valence-corrected chi connectivity index (χ4v) is 16.8. The van der Waals surface area contributed by atoms with Gasteiger partial charge >= 0.3 is 12.3 Å².